The maximum atomic E-state index is 14.1. The Morgan fingerprint density at radius 3 is 2.19 bits per heavy atom. The maximum absolute atomic E-state index is 14.1. The minimum absolute atomic E-state index is 0.187. The molecule has 0 bridgehead atoms. The Hall–Kier alpha value is -3.98. The summed E-state index contributed by atoms with van der Waals surface area (Å²) < 4.78 is 34.7. The van der Waals surface area contributed by atoms with Gasteiger partial charge in [0.05, 0.1) is 17.5 Å². The summed E-state index contributed by atoms with van der Waals surface area (Å²) in [5, 5.41) is 1.22. The molecule has 0 N–H and O–H groups in total. The molecule has 0 spiro atoms. The van der Waals surface area contributed by atoms with Crippen molar-refractivity contribution in [2.45, 2.75) is 11.8 Å². The summed E-state index contributed by atoms with van der Waals surface area (Å²) in [5.74, 6) is 7.05. The van der Waals surface area contributed by atoms with Gasteiger partial charge in [-0.05, 0) is 73.0 Å². The molecule has 5 aromatic rings. The van der Waals surface area contributed by atoms with Crippen LogP contribution in [0.1, 0.15) is 16.8 Å². The average Bonchev–Trinajstić information content (AvgIpc) is 3.22. The van der Waals surface area contributed by atoms with Gasteiger partial charge in [0, 0.05) is 21.5 Å². The van der Waals surface area contributed by atoms with Crippen molar-refractivity contribution in [3.8, 4) is 28.7 Å². The standard InChI is InChI=1S/C30H22ClNO3S/c1-21-8-16-26(17-9-21)36(33,34)32-28-19-13-24(31)20-27(28)30(23-6-4-3-5-7-23)29(32)18-12-22-10-14-25(35-2)15-11-22/h3-11,13-17,19-20H,1-2H3. The summed E-state index contributed by atoms with van der Waals surface area (Å²) in [7, 11) is -2.37. The molecule has 4 nitrogen and oxygen atoms in total. The van der Waals surface area contributed by atoms with Crippen LogP contribution in [0.4, 0.5) is 0 Å². The molecule has 5 rings (SSSR count). The van der Waals surface area contributed by atoms with E-state index < -0.39 is 10.0 Å². The smallest absolute Gasteiger partial charge is 0.269 e. The fourth-order valence-corrected chi connectivity index (χ4v) is 5.77. The Morgan fingerprint density at radius 2 is 1.53 bits per heavy atom. The number of rotatable bonds is 4. The molecule has 4 aromatic carbocycles. The molecule has 0 atom stereocenters. The van der Waals surface area contributed by atoms with Gasteiger partial charge in [-0.25, -0.2) is 12.4 Å². The Bertz CT molecular complexity index is 1730. The Morgan fingerprint density at radius 1 is 0.833 bits per heavy atom. The lowest BCUT2D eigenvalue weighted by Gasteiger charge is -2.10. The highest BCUT2D eigenvalue weighted by Gasteiger charge is 2.27. The molecule has 0 aliphatic carbocycles. The molecule has 0 aliphatic rings. The van der Waals surface area contributed by atoms with Gasteiger partial charge >= 0.3 is 0 Å². The molecule has 0 amide bonds. The van der Waals surface area contributed by atoms with Gasteiger partial charge in [0.15, 0.2) is 0 Å². The lowest BCUT2D eigenvalue weighted by Crippen LogP contribution is -2.15. The zero-order valence-corrected chi connectivity index (χ0v) is 21.3. The second kappa shape index (κ2) is 9.58. The van der Waals surface area contributed by atoms with Crippen LogP contribution >= 0.6 is 11.6 Å². The SMILES string of the molecule is COc1ccc(C#Cc2c(-c3ccccc3)c3cc(Cl)ccc3n2S(=O)(=O)c2ccc(C)cc2)cc1. The van der Waals surface area contributed by atoms with E-state index in [0.29, 0.717) is 27.2 Å². The summed E-state index contributed by atoms with van der Waals surface area (Å²) in [6.07, 6.45) is 0. The average molecular weight is 512 g/mol. The van der Waals surface area contributed by atoms with Gasteiger partial charge in [0.25, 0.3) is 10.0 Å². The molecule has 0 radical (unpaired) electrons. The summed E-state index contributed by atoms with van der Waals surface area (Å²) in [4.78, 5) is 0.187. The minimum atomic E-state index is -3.98. The van der Waals surface area contributed by atoms with Crippen LogP contribution in [0, 0.1) is 18.8 Å². The first kappa shape index (κ1) is 23.7. The number of ether oxygens (including phenoxy) is 1. The molecule has 0 fully saturated rings. The topological polar surface area (TPSA) is 48.3 Å². The Labute approximate surface area is 215 Å². The number of hydrogen-bond acceptors (Lipinski definition) is 3. The lowest BCUT2D eigenvalue weighted by atomic mass is 10.0. The van der Waals surface area contributed by atoms with E-state index in [2.05, 4.69) is 11.8 Å². The zero-order chi connectivity index (χ0) is 25.3. The van der Waals surface area contributed by atoms with Crippen molar-refractivity contribution in [1.82, 2.24) is 3.97 Å². The first-order valence-corrected chi connectivity index (χ1v) is 13.1. The van der Waals surface area contributed by atoms with E-state index in [0.717, 1.165) is 22.4 Å². The van der Waals surface area contributed by atoms with Crippen LogP contribution in [0.2, 0.25) is 5.02 Å². The number of hydrogen-bond donors (Lipinski definition) is 0. The summed E-state index contributed by atoms with van der Waals surface area (Å²) in [6, 6.07) is 29.0. The van der Waals surface area contributed by atoms with Crippen LogP contribution in [0.5, 0.6) is 5.75 Å². The van der Waals surface area contributed by atoms with Crippen molar-refractivity contribution in [2.24, 2.45) is 0 Å². The van der Waals surface area contributed by atoms with Crippen LogP contribution in [0.15, 0.2) is 102 Å². The number of methoxy groups -OCH3 is 1. The Kier molecular flexibility index (Phi) is 6.32. The van der Waals surface area contributed by atoms with E-state index in [1.807, 2.05) is 61.5 Å². The zero-order valence-electron chi connectivity index (χ0n) is 19.7. The van der Waals surface area contributed by atoms with Crippen LogP contribution in [0.3, 0.4) is 0 Å². The number of benzene rings is 4. The van der Waals surface area contributed by atoms with Gasteiger partial charge in [0.2, 0.25) is 0 Å². The first-order chi connectivity index (χ1) is 17.4. The van der Waals surface area contributed by atoms with E-state index in [9.17, 15) is 8.42 Å². The first-order valence-electron chi connectivity index (χ1n) is 11.3. The Balaban J connectivity index is 1.85. The van der Waals surface area contributed by atoms with Gasteiger partial charge in [0.1, 0.15) is 11.4 Å². The predicted octanol–water partition coefficient (Wildman–Crippen LogP) is 6.92. The number of aromatic nitrogens is 1. The molecule has 0 saturated heterocycles. The molecule has 6 heteroatoms. The van der Waals surface area contributed by atoms with Gasteiger partial charge in [-0.15, -0.1) is 0 Å². The van der Waals surface area contributed by atoms with Crippen molar-refractivity contribution in [3.05, 3.63) is 119 Å². The molecule has 0 saturated carbocycles. The molecular weight excluding hydrogens is 490 g/mol. The van der Waals surface area contributed by atoms with Crippen LogP contribution in [0.25, 0.3) is 22.0 Å². The van der Waals surface area contributed by atoms with Crippen LogP contribution in [-0.4, -0.2) is 19.5 Å². The highest BCUT2D eigenvalue weighted by Crippen LogP contribution is 2.38. The molecule has 1 aromatic heterocycles. The summed E-state index contributed by atoms with van der Waals surface area (Å²) in [6.45, 7) is 1.92. The third kappa shape index (κ3) is 4.37. The second-order valence-electron chi connectivity index (χ2n) is 8.31. The molecular formula is C30H22ClNO3S. The van der Waals surface area contributed by atoms with E-state index in [1.54, 1.807) is 49.6 Å². The van der Waals surface area contributed by atoms with Crippen molar-refractivity contribution in [3.63, 3.8) is 0 Å². The largest absolute Gasteiger partial charge is 0.497 e. The van der Waals surface area contributed by atoms with Crippen molar-refractivity contribution in [2.75, 3.05) is 7.11 Å². The third-order valence-electron chi connectivity index (χ3n) is 5.92. The quantitative estimate of drug-likeness (QED) is 0.246. The fourth-order valence-electron chi connectivity index (χ4n) is 4.12. The van der Waals surface area contributed by atoms with E-state index in [1.165, 1.54) is 3.97 Å². The van der Waals surface area contributed by atoms with Crippen molar-refractivity contribution >= 4 is 32.5 Å². The highest BCUT2D eigenvalue weighted by molar-refractivity contribution is 7.90. The van der Waals surface area contributed by atoms with Gasteiger partial charge in [-0.2, -0.15) is 0 Å². The van der Waals surface area contributed by atoms with E-state index in [-0.39, 0.29) is 4.90 Å². The number of fused-ring (bicyclic) bond motifs is 1. The summed E-state index contributed by atoms with van der Waals surface area (Å²) in [5.41, 5.74) is 4.15. The van der Waals surface area contributed by atoms with Gasteiger partial charge < -0.3 is 4.74 Å². The maximum Gasteiger partial charge on any atom is 0.269 e. The number of aryl methyl sites for hydroxylation is 1. The summed E-state index contributed by atoms with van der Waals surface area (Å²) >= 11 is 6.38. The van der Waals surface area contributed by atoms with Gasteiger partial charge in [-0.3, -0.25) is 0 Å². The minimum Gasteiger partial charge on any atom is -0.497 e. The third-order valence-corrected chi connectivity index (χ3v) is 7.89. The highest BCUT2D eigenvalue weighted by atomic mass is 35.5. The van der Waals surface area contributed by atoms with E-state index >= 15 is 0 Å². The van der Waals surface area contributed by atoms with Crippen LogP contribution in [-0.2, 0) is 10.0 Å². The monoisotopic (exact) mass is 511 g/mol. The molecule has 0 unspecified atom stereocenters. The molecule has 36 heavy (non-hydrogen) atoms. The molecule has 0 aliphatic heterocycles. The number of halogens is 1. The fraction of sp³-hybridized carbons (Fsp3) is 0.0667. The molecule has 178 valence electrons. The second-order valence-corrected chi connectivity index (χ2v) is 10.5. The normalized spacial score (nSPS) is 11.2. The number of nitrogens with zero attached hydrogens (tertiary/aromatic N) is 1. The van der Waals surface area contributed by atoms with Crippen molar-refractivity contribution in [1.29, 1.82) is 0 Å². The van der Waals surface area contributed by atoms with Crippen molar-refractivity contribution < 1.29 is 13.2 Å². The van der Waals surface area contributed by atoms with Crippen LogP contribution < -0.4 is 4.74 Å². The van der Waals surface area contributed by atoms with E-state index in [4.69, 9.17) is 16.3 Å². The van der Waals surface area contributed by atoms with Gasteiger partial charge in [-0.1, -0.05) is 65.5 Å². The molecule has 1 heterocycles. The lowest BCUT2D eigenvalue weighted by molar-refractivity contribution is 0.415. The predicted molar refractivity (Wildman–Crippen MR) is 145 cm³/mol.